The molecule has 7 nitrogen and oxygen atoms in total. The van der Waals surface area contributed by atoms with Gasteiger partial charge in [0.1, 0.15) is 5.75 Å². The third kappa shape index (κ3) is 3.94. The average Bonchev–Trinajstić information content (AvgIpc) is 2.41. The number of aromatic hydroxyl groups is 1. The lowest BCUT2D eigenvalue weighted by atomic mass is 10.3. The van der Waals surface area contributed by atoms with Crippen LogP contribution in [0.4, 0.5) is 5.69 Å². The first-order valence-electron chi connectivity index (χ1n) is 6.39. The minimum Gasteiger partial charge on any atom is -0.508 e. The summed E-state index contributed by atoms with van der Waals surface area (Å²) in [6.07, 6.45) is 0. The molecule has 1 heterocycles. The summed E-state index contributed by atoms with van der Waals surface area (Å²) >= 11 is 0. The van der Waals surface area contributed by atoms with Gasteiger partial charge in [-0.25, -0.2) is 5.01 Å². The molecule has 0 aliphatic carbocycles. The molecule has 1 aliphatic rings. The number of hydrazine groups is 1. The fraction of sp³-hybridized carbons (Fsp3) is 0.385. The van der Waals surface area contributed by atoms with Gasteiger partial charge in [-0.1, -0.05) is 6.07 Å². The fourth-order valence-electron chi connectivity index (χ4n) is 1.88. The lowest BCUT2D eigenvalue weighted by Crippen LogP contribution is -2.54. The topological polar surface area (TPSA) is 84.9 Å². The molecule has 0 spiro atoms. The number of amides is 2. The molecular weight excluding hydrogens is 260 g/mol. The summed E-state index contributed by atoms with van der Waals surface area (Å²) in [5, 5.41) is 13.4. The Labute approximate surface area is 117 Å². The number of piperazine rings is 1. The van der Waals surface area contributed by atoms with Gasteiger partial charge in [-0.05, 0) is 19.2 Å². The lowest BCUT2D eigenvalue weighted by Gasteiger charge is -2.32. The van der Waals surface area contributed by atoms with Crippen LogP contribution >= 0.6 is 0 Å². The van der Waals surface area contributed by atoms with Gasteiger partial charge in [-0.2, -0.15) is 0 Å². The first kappa shape index (κ1) is 14.3. The van der Waals surface area contributed by atoms with Crippen molar-refractivity contribution in [2.45, 2.75) is 0 Å². The molecule has 0 saturated carbocycles. The molecule has 1 aliphatic heterocycles. The van der Waals surface area contributed by atoms with Crippen molar-refractivity contribution in [2.24, 2.45) is 0 Å². The van der Waals surface area contributed by atoms with Gasteiger partial charge in [0.15, 0.2) is 0 Å². The Kier molecular flexibility index (Phi) is 4.54. The molecule has 0 aromatic heterocycles. The van der Waals surface area contributed by atoms with Gasteiger partial charge in [0.25, 0.3) is 0 Å². The Balaban J connectivity index is 1.84. The minimum absolute atomic E-state index is 0.0299. The normalized spacial score (nSPS) is 16.6. The molecule has 20 heavy (non-hydrogen) atoms. The summed E-state index contributed by atoms with van der Waals surface area (Å²) < 4.78 is 0. The number of anilines is 1. The molecule has 1 aromatic rings. The van der Waals surface area contributed by atoms with Gasteiger partial charge in [0.2, 0.25) is 0 Å². The number of carbonyl (C=O) groups excluding carboxylic acids is 2. The second-order valence-corrected chi connectivity index (χ2v) is 4.74. The van der Waals surface area contributed by atoms with Gasteiger partial charge in [-0.15, -0.1) is 0 Å². The van der Waals surface area contributed by atoms with Crippen molar-refractivity contribution < 1.29 is 14.7 Å². The number of carbonyl (C=O) groups is 2. The smallest absolute Gasteiger partial charge is 0.323 e. The second-order valence-electron chi connectivity index (χ2n) is 4.74. The molecule has 2 rings (SSSR count). The van der Waals surface area contributed by atoms with E-state index in [-0.39, 0.29) is 5.75 Å². The zero-order valence-corrected chi connectivity index (χ0v) is 11.3. The number of nitrogens with zero attached hydrogens (tertiary/aromatic N) is 2. The predicted octanol–water partition coefficient (Wildman–Crippen LogP) is -0.391. The van der Waals surface area contributed by atoms with E-state index in [9.17, 15) is 14.7 Å². The summed E-state index contributed by atoms with van der Waals surface area (Å²) in [6, 6.07) is 6.05. The summed E-state index contributed by atoms with van der Waals surface area (Å²) in [7, 11) is 2.01. The first-order valence-corrected chi connectivity index (χ1v) is 6.39. The van der Waals surface area contributed by atoms with E-state index in [1.54, 1.807) is 17.1 Å². The van der Waals surface area contributed by atoms with Crippen LogP contribution in [0.15, 0.2) is 24.3 Å². The maximum absolute atomic E-state index is 11.7. The van der Waals surface area contributed by atoms with Crippen LogP contribution in [0.25, 0.3) is 0 Å². The van der Waals surface area contributed by atoms with Gasteiger partial charge >= 0.3 is 11.8 Å². The van der Waals surface area contributed by atoms with E-state index in [1.807, 2.05) is 7.05 Å². The van der Waals surface area contributed by atoms with E-state index in [1.165, 1.54) is 12.1 Å². The van der Waals surface area contributed by atoms with Crippen molar-refractivity contribution in [3.8, 4) is 5.75 Å². The molecule has 0 bridgehead atoms. The number of hydrogen-bond acceptors (Lipinski definition) is 5. The zero-order valence-electron chi connectivity index (χ0n) is 11.3. The summed E-state index contributed by atoms with van der Waals surface area (Å²) in [6.45, 7) is 3.05. The first-order chi connectivity index (χ1) is 9.54. The van der Waals surface area contributed by atoms with Crippen molar-refractivity contribution in [2.75, 3.05) is 38.5 Å². The third-order valence-corrected chi connectivity index (χ3v) is 3.07. The van der Waals surface area contributed by atoms with Crippen LogP contribution < -0.4 is 10.7 Å². The molecule has 0 atom stereocenters. The highest BCUT2D eigenvalue weighted by molar-refractivity contribution is 6.39. The largest absolute Gasteiger partial charge is 0.508 e. The highest BCUT2D eigenvalue weighted by Crippen LogP contribution is 2.15. The maximum Gasteiger partial charge on any atom is 0.323 e. The van der Waals surface area contributed by atoms with Crippen LogP contribution in [-0.4, -0.2) is 60.1 Å². The number of phenolic OH excluding ortho intramolecular Hbond substituents is 1. The van der Waals surface area contributed by atoms with Crippen LogP contribution in [0.1, 0.15) is 0 Å². The molecule has 2 amide bonds. The number of benzene rings is 1. The van der Waals surface area contributed by atoms with Crippen LogP contribution in [0, 0.1) is 0 Å². The van der Waals surface area contributed by atoms with E-state index in [2.05, 4.69) is 15.6 Å². The molecule has 108 valence electrons. The molecule has 0 radical (unpaired) electrons. The van der Waals surface area contributed by atoms with Gasteiger partial charge in [0, 0.05) is 37.9 Å². The van der Waals surface area contributed by atoms with Crippen LogP contribution in [0.2, 0.25) is 0 Å². The van der Waals surface area contributed by atoms with Crippen molar-refractivity contribution in [3.05, 3.63) is 24.3 Å². The lowest BCUT2D eigenvalue weighted by molar-refractivity contribution is -0.139. The summed E-state index contributed by atoms with van der Waals surface area (Å²) in [4.78, 5) is 25.6. The average molecular weight is 278 g/mol. The molecule has 1 aromatic carbocycles. The summed E-state index contributed by atoms with van der Waals surface area (Å²) in [5.74, 6) is -1.44. The molecule has 3 N–H and O–H groups in total. The Hall–Kier alpha value is -2.12. The number of likely N-dealkylation sites (N-methyl/N-ethyl adjacent to an activating group) is 1. The Morgan fingerprint density at radius 3 is 2.50 bits per heavy atom. The van der Waals surface area contributed by atoms with Gasteiger partial charge in [0.05, 0.1) is 0 Å². The minimum atomic E-state index is -0.755. The fourth-order valence-corrected chi connectivity index (χ4v) is 1.88. The standard InChI is InChI=1S/C13H18N4O3/c1-16-5-7-17(8-6-16)15-13(20)12(19)14-10-3-2-4-11(18)9-10/h2-4,9,18H,5-8H2,1H3,(H,14,19)(H,15,20). The highest BCUT2D eigenvalue weighted by Gasteiger charge is 2.20. The van der Waals surface area contributed by atoms with E-state index in [0.29, 0.717) is 18.8 Å². The number of nitrogens with one attached hydrogen (secondary N) is 2. The maximum atomic E-state index is 11.7. The quantitative estimate of drug-likeness (QED) is 0.642. The van der Waals surface area contributed by atoms with E-state index >= 15 is 0 Å². The molecule has 7 heteroatoms. The second kappa shape index (κ2) is 6.36. The Morgan fingerprint density at radius 1 is 1.15 bits per heavy atom. The SMILES string of the molecule is CN1CCN(NC(=O)C(=O)Nc2cccc(O)c2)CC1. The molecular formula is C13H18N4O3. The predicted molar refractivity (Wildman–Crippen MR) is 73.9 cm³/mol. The Bertz CT molecular complexity index is 498. The molecule has 1 saturated heterocycles. The van der Waals surface area contributed by atoms with Crippen molar-refractivity contribution >= 4 is 17.5 Å². The summed E-state index contributed by atoms with van der Waals surface area (Å²) in [5.41, 5.74) is 2.95. The monoisotopic (exact) mass is 278 g/mol. The van der Waals surface area contributed by atoms with Crippen LogP contribution in [-0.2, 0) is 9.59 Å². The number of hydrogen-bond donors (Lipinski definition) is 3. The van der Waals surface area contributed by atoms with E-state index in [0.717, 1.165) is 13.1 Å². The molecule has 1 fully saturated rings. The van der Waals surface area contributed by atoms with E-state index < -0.39 is 11.8 Å². The zero-order chi connectivity index (χ0) is 14.5. The van der Waals surface area contributed by atoms with Crippen molar-refractivity contribution in [1.29, 1.82) is 0 Å². The van der Waals surface area contributed by atoms with Crippen LogP contribution in [0.5, 0.6) is 5.75 Å². The number of rotatable bonds is 2. The van der Waals surface area contributed by atoms with Gasteiger partial charge < -0.3 is 15.3 Å². The number of phenols is 1. The molecule has 0 unspecified atom stereocenters. The highest BCUT2D eigenvalue weighted by atomic mass is 16.3. The van der Waals surface area contributed by atoms with Gasteiger partial charge in [-0.3, -0.25) is 15.0 Å². The Morgan fingerprint density at radius 2 is 1.85 bits per heavy atom. The van der Waals surface area contributed by atoms with Crippen LogP contribution in [0.3, 0.4) is 0 Å². The van der Waals surface area contributed by atoms with Crippen molar-refractivity contribution in [3.63, 3.8) is 0 Å². The van der Waals surface area contributed by atoms with Crippen molar-refractivity contribution in [1.82, 2.24) is 15.3 Å². The third-order valence-electron chi connectivity index (χ3n) is 3.07. The van der Waals surface area contributed by atoms with E-state index in [4.69, 9.17) is 0 Å².